The van der Waals surface area contributed by atoms with E-state index < -0.39 is 17.2 Å². The van der Waals surface area contributed by atoms with Crippen molar-refractivity contribution >= 4 is 33.8 Å². The minimum absolute atomic E-state index is 0.0434. The summed E-state index contributed by atoms with van der Waals surface area (Å²) in [7, 11) is 0. The maximum atomic E-state index is 12.8. The normalized spacial score (nSPS) is 15.4. The molecule has 0 radical (unpaired) electrons. The maximum absolute atomic E-state index is 12.8. The van der Waals surface area contributed by atoms with Gasteiger partial charge in [-0.2, -0.15) is 0 Å². The smallest absolute Gasteiger partial charge is 0.350 e. The van der Waals surface area contributed by atoms with Gasteiger partial charge in [-0.15, -0.1) is 0 Å². The number of ketones is 1. The van der Waals surface area contributed by atoms with E-state index in [2.05, 4.69) is 22.0 Å². The molecule has 1 fully saturated rings. The number of hydrogen-bond acceptors (Lipinski definition) is 4. The van der Waals surface area contributed by atoms with Crippen molar-refractivity contribution in [2.45, 2.75) is 83.8 Å². The Morgan fingerprint density at radius 1 is 0.941 bits per heavy atom. The molecule has 0 amide bonds. The van der Waals surface area contributed by atoms with Crippen LogP contribution in [0, 0.1) is 0 Å². The molecule has 0 spiro atoms. The lowest BCUT2D eigenvalue weighted by molar-refractivity contribution is -0.171. The minimum Gasteiger partial charge on any atom is -0.476 e. The molecule has 0 aromatic heterocycles. The number of hydrogen-bond donors (Lipinski definition) is 0. The molecule has 34 heavy (non-hydrogen) atoms. The monoisotopic (exact) mass is 526 g/mol. The highest BCUT2D eigenvalue weighted by molar-refractivity contribution is 9.10. The van der Waals surface area contributed by atoms with Gasteiger partial charge in [0.05, 0.1) is 0 Å². The third-order valence-corrected chi connectivity index (χ3v) is 6.42. The molecule has 4 nitrogen and oxygen atoms in total. The summed E-state index contributed by atoms with van der Waals surface area (Å²) in [6.45, 7) is 9.05. The minimum atomic E-state index is -1.12. The lowest BCUT2D eigenvalue weighted by atomic mass is 9.83. The van der Waals surface area contributed by atoms with E-state index >= 15 is 0 Å². The van der Waals surface area contributed by atoms with Gasteiger partial charge in [0.25, 0.3) is 0 Å². The summed E-state index contributed by atoms with van der Waals surface area (Å²) in [5.74, 6) is 0.643. The molecule has 3 rings (SSSR count). The van der Waals surface area contributed by atoms with Crippen LogP contribution in [-0.2, 0) is 9.53 Å². The summed E-state index contributed by atoms with van der Waals surface area (Å²) < 4.78 is 12.8. The highest BCUT2D eigenvalue weighted by Crippen LogP contribution is 2.39. The average Bonchev–Trinajstić information content (AvgIpc) is 2.78. The molecule has 0 aliphatic heterocycles. The van der Waals surface area contributed by atoms with Crippen LogP contribution in [0.1, 0.15) is 94.1 Å². The molecule has 1 aliphatic carbocycles. The van der Waals surface area contributed by atoms with Crippen molar-refractivity contribution in [2.24, 2.45) is 0 Å². The highest BCUT2D eigenvalue weighted by Gasteiger charge is 2.36. The molecule has 0 atom stereocenters. The third-order valence-electron chi connectivity index (χ3n) is 5.89. The zero-order chi connectivity index (χ0) is 24.9. The molecule has 2 aromatic carbocycles. The second-order valence-electron chi connectivity index (χ2n) is 10.5. The molecule has 2 aromatic rings. The van der Waals surface area contributed by atoms with Crippen molar-refractivity contribution in [3.63, 3.8) is 0 Å². The van der Waals surface area contributed by atoms with E-state index in [4.69, 9.17) is 9.47 Å². The first-order valence-electron chi connectivity index (χ1n) is 12.0. The average molecular weight is 527 g/mol. The Kier molecular flexibility index (Phi) is 8.40. The number of carbonyl (C=O) groups is 2. The van der Waals surface area contributed by atoms with E-state index in [1.807, 2.05) is 51.1 Å². The van der Waals surface area contributed by atoms with Gasteiger partial charge in [-0.25, -0.2) is 4.79 Å². The first kappa shape index (κ1) is 26.2. The van der Waals surface area contributed by atoms with Gasteiger partial charge >= 0.3 is 5.97 Å². The van der Waals surface area contributed by atoms with E-state index in [9.17, 15) is 9.59 Å². The van der Waals surface area contributed by atoms with Crippen LogP contribution >= 0.6 is 15.9 Å². The van der Waals surface area contributed by atoms with E-state index in [1.165, 1.54) is 19.3 Å². The van der Waals surface area contributed by atoms with Crippen LogP contribution in [0.25, 0.3) is 6.08 Å². The van der Waals surface area contributed by atoms with Gasteiger partial charge in [-0.05, 0) is 107 Å². The quantitative estimate of drug-likeness (QED) is 0.209. The van der Waals surface area contributed by atoms with Crippen molar-refractivity contribution in [3.05, 3.63) is 69.7 Å². The van der Waals surface area contributed by atoms with Crippen molar-refractivity contribution in [1.29, 1.82) is 0 Å². The largest absolute Gasteiger partial charge is 0.476 e. The third kappa shape index (κ3) is 7.30. The SMILES string of the molecule is CC(C)(C)OC(=O)C(C)(C)Oc1ccc(/C=C/C(=O)c2ccc(Br)cc2)cc1C1CCCCC1. The Hall–Kier alpha value is -2.40. The molecule has 5 heteroatoms. The van der Waals surface area contributed by atoms with Crippen LogP contribution in [0.3, 0.4) is 0 Å². The fourth-order valence-corrected chi connectivity index (χ4v) is 4.36. The molecule has 0 bridgehead atoms. The van der Waals surface area contributed by atoms with E-state index in [-0.39, 0.29) is 5.78 Å². The van der Waals surface area contributed by atoms with Crippen LogP contribution in [0.5, 0.6) is 5.75 Å². The fourth-order valence-electron chi connectivity index (χ4n) is 4.10. The zero-order valence-corrected chi connectivity index (χ0v) is 22.4. The Morgan fingerprint density at radius 2 is 1.59 bits per heavy atom. The Morgan fingerprint density at radius 3 is 2.21 bits per heavy atom. The van der Waals surface area contributed by atoms with Crippen LogP contribution < -0.4 is 4.74 Å². The van der Waals surface area contributed by atoms with Crippen molar-refractivity contribution in [1.82, 2.24) is 0 Å². The van der Waals surface area contributed by atoms with Crippen LogP contribution in [0.4, 0.5) is 0 Å². The molecular formula is C29H35BrO4. The van der Waals surface area contributed by atoms with Crippen LogP contribution in [-0.4, -0.2) is 23.0 Å². The summed E-state index contributed by atoms with van der Waals surface area (Å²) in [5.41, 5.74) is 0.972. The van der Waals surface area contributed by atoms with Gasteiger partial charge in [0, 0.05) is 10.0 Å². The molecule has 182 valence electrons. The van der Waals surface area contributed by atoms with Gasteiger partial charge in [0.15, 0.2) is 11.4 Å². The first-order valence-corrected chi connectivity index (χ1v) is 12.8. The van der Waals surface area contributed by atoms with Crippen molar-refractivity contribution in [3.8, 4) is 5.75 Å². The van der Waals surface area contributed by atoms with Gasteiger partial charge in [0.2, 0.25) is 0 Å². The summed E-state index contributed by atoms with van der Waals surface area (Å²) in [6.07, 6.45) is 9.25. The molecule has 0 saturated heterocycles. The molecule has 1 saturated carbocycles. The van der Waals surface area contributed by atoms with Crippen LogP contribution in [0.15, 0.2) is 53.0 Å². The summed E-state index contributed by atoms with van der Waals surface area (Å²) in [4.78, 5) is 25.4. The van der Waals surface area contributed by atoms with Crippen LogP contribution in [0.2, 0.25) is 0 Å². The van der Waals surface area contributed by atoms with Crippen molar-refractivity contribution < 1.29 is 19.1 Å². The lowest BCUT2D eigenvalue weighted by Gasteiger charge is -2.31. The number of allylic oxidation sites excluding steroid dienone is 1. The number of benzene rings is 2. The highest BCUT2D eigenvalue weighted by atomic mass is 79.9. The second-order valence-corrected chi connectivity index (χ2v) is 11.4. The van der Waals surface area contributed by atoms with E-state index in [0.717, 1.165) is 28.4 Å². The number of halogens is 1. The Bertz CT molecular complexity index is 1040. The lowest BCUT2D eigenvalue weighted by Crippen LogP contribution is -2.43. The van der Waals surface area contributed by atoms with Gasteiger partial charge in [-0.1, -0.05) is 47.3 Å². The maximum Gasteiger partial charge on any atom is 0.350 e. The second kappa shape index (κ2) is 10.9. The molecule has 0 N–H and O–H groups in total. The number of carbonyl (C=O) groups excluding carboxylic acids is 2. The van der Waals surface area contributed by atoms with E-state index in [1.54, 1.807) is 32.1 Å². The van der Waals surface area contributed by atoms with Gasteiger partial charge in [-0.3, -0.25) is 4.79 Å². The number of esters is 1. The van der Waals surface area contributed by atoms with Crippen molar-refractivity contribution in [2.75, 3.05) is 0 Å². The van der Waals surface area contributed by atoms with Gasteiger partial charge in [0.1, 0.15) is 11.4 Å². The van der Waals surface area contributed by atoms with Gasteiger partial charge < -0.3 is 9.47 Å². The number of rotatable bonds is 7. The topological polar surface area (TPSA) is 52.6 Å². The summed E-state index contributed by atoms with van der Waals surface area (Å²) >= 11 is 3.40. The molecule has 1 aliphatic rings. The Labute approximate surface area is 211 Å². The van der Waals surface area contributed by atoms with E-state index in [0.29, 0.717) is 17.2 Å². The predicted octanol–water partition coefficient (Wildman–Crippen LogP) is 7.89. The molecular weight excluding hydrogens is 492 g/mol. The molecule has 0 unspecified atom stereocenters. The summed E-state index contributed by atoms with van der Waals surface area (Å²) in [5, 5.41) is 0. The Balaban J connectivity index is 1.86. The standard InChI is InChI=1S/C29H35BrO4/c1-28(2,3)34-27(32)29(4,5)33-26-18-12-20(19-24(26)21-9-7-6-8-10-21)11-17-25(31)22-13-15-23(30)16-14-22/h11-19,21H,6-10H2,1-5H3/b17-11+. The first-order chi connectivity index (χ1) is 15.9. The molecule has 0 heterocycles. The predicted molar refractivity (Wildman–Crippen MR) is 140 cm³/mol. The fraction of sp³-hybridized carbons (Fsp3) is 0.448. The zero-order valence-electron chi connectivity index (χ0n) is 20.8. The summed E-state index contributed by atoms with van der Waals surface area (Å²) in [6, 6.07) is 13.3. The number of ether oxygens (including phenoxy) is 2.